The zero-order valence-corrected chi connectivity index (χ0v) is 13.0. The molecule has 3 amide bonds. The third-order valence-corrected chi connectivity index (χ3v) is 3.55. The van der Waals surface area contributed by atoms with Crippen molar-refractivity contribution in [3.05, 3.63) is 65.7 Å². The van der Waals surface area contributed by atoms with Crippen LogP contribution in [-0.4, -0.2) is 28.4 Å². The van der Waals surface area contributed by atoms with Crippen LogP contribution < -0.4 is 5.32 Å². The van der Waals surface area contributed by atoms with Gasteiger partial charge in [-0.15, -0.1) is 0 Å². The molecule has 6 heteroatoms. The number of para-hydroxylation sites is 1. The van der Waals surface area contributed by atoms with Crippen molar-refractivity contribution in [3.8, 4) is 0 Å². The van der Waals surface area contributed by atoms with E-state index in [1.54, 1.807) is 55.5 Å². The molecule has 0 atom stereocenters. The third-order valence-electron chi connectivity index (χ3n) is 3.55. The van der Waals surface area contributed by atoms with Crippen molar-refractivity contribution in [2.45, 2.75) is 13.3 Å². The Balaban J connectivity index is 1.87. The Morgan fingerprint density at radius 3 is 2.38 bits per heavy atom. The van der Waals surface area contributed by atoms with E-state index in [1.165, 1.54) is 0 Å². The van der Waals surface area contributed by atoms with Crippen LogP contribution in [0.5, 0.6) is 0 Å². The Kier molecular flexibility index (Phi) is 4.20. The first kappa shape index (κ1) is 15.6. The van der Waals surface area contributed by atoms with Crippen LogP contribution in [0.3, 0.4) is 0 Å². The number of carbonyl (C=O) groups is 3. The number of carbonyl (C=O) groups excluding carboxylic acids is 3. The van der Waals surface area contributed by atoms with Crippen molar-refractivity contribution in [2.75, 3.05) is 5.32 Å². The number of nitrogens with one attached hydrogen (secondary N) is 1. The molecule has 0 aromatic heterocycles. The van der Waals surface area contributed by atoms with Crippen LogP contribution in [0.15, 0.2) is 59.7 Å². The zero-order chi connectivity index (χ0) is 17.1. The summed E-state index contributed by atoms with van der Waals surface area (Å²) in [5.74, 6) is -1.26. The van der Waals surface area contributed by atoms with Gasteiger partial charge in [0.05, 0.1) is 17.7 Å². The number of benzene rings is 2. The number of anilines is 1. The normalized spacial score (nSPS) is 13.6. The molecular weight excluding hydrogens is 306 g/mol. The van der Waals surface area contributed by atoms with Gasteiger partial charge in [0, 0.05) is 11.3 Å². The van der Waals surface area contributed by atoms with Crippen molar-refractivity contribution in [1.29, 1.82) is 0 Å². The summed E-state index contributed by atoms with van der Waals surface area (Å²) in [7, 11) is 0. The number of imide groups is 1. The van der Waals surface area contributed by atoms with Crippen LogP contribution in [0.1, 0.15) is 34.1 Å². The molecule has 1 N–H and O–H groups in total. The summed E-state index contributed by atoms with van der Waals surface area (Å²) in [5.41, 5.74) is 1.61. The standard InChI is InChI=1S/C18H15N3O3/c1-12-11-16(22)21(20-12)18(24)14-9-5-6-10-15(14)19-17(23)13-7-3-2-4-8-13/h2-10H,11H2,1H3,(H,19,23). The van der Waals surface area contributed by atoms with Crippen molar-refractivity contribution in [3.63, 3.8) is 0 Å². The Hall–Kier alpha value is -3.28. The lowest BCUT2D eigenvalue weighted by Gasteiger charge is -2.14. The maximum absolute atomic E-state index is 12.6. The predicted molar refractivity (Wildman–Crippen MR) is 89.7 cm³/mol. The Bertz CT molecular complexity index is 844. The summed E-state index contributed by atoms with van der Waals surface area (Å²) in [5, 5.41) is 7.52. The van der Waals surface area contributed by atoms with Crippen LogP contribution in [0.25, 0.3) is 0 Å². The molecule has 1 aliphatic heterocycles. The summed E-state index contributed by atoms with van der Waals surface area (Å²) >= 11 is 0. The van der Waals surface area contributed by atoms with Gasteiger partial charge in [-0.25, -0.2) is 0 Å². The molecule has 2 aromatic carbocycles. The van der Waals surface area contributed by atoms with Crippen molar-refractivity contribution < 1.29 is 14.4 Å². The molecule has 0 saturated carbocycles. The molecule has 0 unspecified atom stereocenters. The van der Waals surface area contributed by atoms with Gasteiger partial charge in [0.15, 0.2) is 0 Å². The second kappa shape index (κ2) is 6.45. The molecule has 24 heavy (non-hydrogen) atoms. The second-order valence-corrected chi connectivity index (χ2v) is 5.39. The summed E-state index contributed by atoms with van der Waals surface area (Å²) in [4.78, 5) is 36.7. The quantitative estimate of drug-likeness (QED) is 0.883. The lowest BCUT2D eigenvalue weighted by atomic mass is 10.1. The SMILES string of the molecule is CC1=NN(C(=O)c2ccccc2NC(=O)c2ccccc2)C(=O)C1. The van der Waals surface area contributed by atoms with E-state index >= 15 is 0 Å². The van der Waals surface area contributed by atoms with Crippen LogP contribution >= 0.6 is 0 Å². The van der Waals surface area contributed by atoms with E-state index in [2.05, 4.69) is 10.4 Å². The maximum atomic E-state index is 12.6. The monoisotopic (exact) mass is 321 g/mol. The lowest BCUT2D eigenvalue weighted by Crippen LogP contribution is -2.29. The van der Waals surface area contributed by atoms with Gasteiger partial charge in [0.1, 0.15) is 0 Å². The van der Waals surface area contributed by atoms with Gasteiger partial charge in [-0.1, -0.05) is 30.3 Å². The van der Waals surface area contributed by atoms with E-state index in [9.17, 15) is 14.4 Å². The van der Waals surface area contributed by atoms with Crippen LogP contribution in [0, 0.1) is 0 Å². The number of nitrogens with zero attached hydrogens (tertiary/aromatic N) is 2. The highest BCUT2D eigenvalue weighted by Crippen LogP contribution is 2.21. The third kappa shape index (κ3) is 3.08. The van der Waals surface area contributed by atoms with Gasteiger partial charge in [-0.05, 0) is 31.2 Å². The maximum Gasteiger partial charge on any atom is 0.283 e. The second-order valence-electron chi connectivity index (χ2n) is 5.39. The van der Waals surface area contributed by atoms with Crippen molar-refractivity contribution in [1.82, 2.24) is 5.01 Å². The first-order valence-corrected chi connectivity index (χ1v) is 7.43. The largest absolute Gasteiger partial charge is 0.321 e. The number of hydrazone groups is 1. The zero-order valence-electron chi connectivity index (χ0n) is 13.0. The highest BCUT2D eigenvalue weighted by Gasteiger charge is 2.29. The molecule has 2 aromatic rings. The lowest BCUT2D eigenvalue weighted by molar-refractivity contribution is -0.126. The molecule has 3 rings (SSSR count). The van der Waals surface area contributed by atoms with Gasteiger partial charge < -0.3 is 5.32 Å². The van der Waals surface area contributed by atoms with Crippen LogP contribution in [-0.2, 0) is 4.79 Å². The first-order valence-electron chi connectivity index (χ1n) is 7.43. The topological polar surface area (TPSA) is 78.8 Å². The summed E-state index contributed by atoms with van der Waals surface area (Å²) < 4.78 is 0. The minimum atomic E-state index is -0.555. The summed E-state index contributed by atoms with van der Waals surface area (Å²) in [6, 6.07) is 15.2. The Morgan fingerprint density at radius 2 is 1.71 bits per heavy atom. The molecule has 0 saturated heterocycles. The highest BCUT2D eigenvalue weighted by atomic mass is 16.2. The fourth-order valence-corrected chi connectivity index (χ4v) is 2.39. The summed E-state index contributed by atoms with van der Waals surface area (Å²) in [6.07, 6.45) is 0.129. The molecule has 0 fully saturated rings. The fourth-order valence-electron chi connectivity index (χ4n) is 2.39. The molecule has 1 heterocycles. The van der Waals surface area contributed by atoms with E-state index in [0.717, 1.165) is 5.01 Å². The number of rotatable bonds is 3. The van der Waals surface area contributed by atoms with E-state index in [4.69, 9.17) is 0 Å². The smallest absolute Gasteiger partial charge is 0.283 e. The van der Waals surface area contributed by atoms with Crippen LogP contribution in [0.2, 0.25) is 0 Å². The molecule has 6 nitrogen and oxygen atoms in total. The van der Waals surface area contributed by atoms with Gasteiger partial charge in [0.2, 0.25) is 0 Å². The molecule has 120 valence electrons. The first-order chi connectivity index (χ1) is 11.6. The molecular formula is C18H15N3O3. The van der Waals surface area contributed by atoms with Crippen molar-refractivity contribution >= 4 is 29.1 Å². The molecule has 0 bridgehead atoms. The summed E-state index contributed by atoms with van der Waals surface area (Å²) in [6.45, 7) is 1.69. The van der Waals surface area contributed by atoms with Crippen molar-refractivity contribution in [2.24, 2.45) is 5.10 Å². The van der Waals surface area contributed by atoms with E-state index in [-0.39, 0.29) is 23.8 Å². The van der Waals surface area contributed by atoms with Gasteiger partial charge >= 0.3 is 0 Å². The van der Waals surface area contributed by atoms with E-state index in [1.807, 2.05) is 6.07 Å². The number of hydrogen-bond donors (Lipinski definition) is 1. The van der Waals surface area contributed by atoms with Crippen LogP contribution in [0.4, 0.5) is 5.69 Å². The molecule has 0 aliphatic carbocycles. The molecule has 0 spiro atoms. The van der Waals surface area contributed by atoms with Gasteiger partial charge in [-0.2, -0.15) is 10.1 Å². The average molecular weight is 321 g/mol. The predicted octanol–water partition coefficient (Wildman–Crippen LogP) is 2.69. The average Bonchev–Trinajstić information content (AvgIpc) is 2.94. The Labute approximate surface area is 138 Å². The van der Waals surface area contributed by atoms with E-state index in [0.29, 0.717) is 17.0 Å². The van der Waals surface area contributed by atoms with Gasteiger partial charge in [-0.3, -0.25) is 14.4 Å². The minimum Gasteiger partial charge on any atom is -0.321 e. The fraction of sp³-hybridized carbons (Fsp3) is 0.111. The number of hydrogen-bond acceptors (Lipinski definition) is 4. The van der Waals surface area contributed by atoms with E-state index < -0.39 is 5.91 Å². The number of amides is 3. The minimum absolute atomic E-state index is 0.129. The molecule has 0 radical (unpaired) electrons. The highest BCUT2D eigenvalue weighted by molar-refractivity contribution is 6.16. The van der Waals surface area contributed by atoms with Gasteiger partial charge in [0.25, 0.3) is 17.7 Å². The molecule has 1 aliphatic rings. The Morgan fingerprint density at radius 1 is 1.04 bits per heavy atom.